The summed E-state index contributed by atoms with van der Waals surface area (Å²) in [6, 6.07) is 43.5. The van der Waals surface area contributed by atoms with Crippen LogP contribution in [-0.4, -0.2) is 6.71 Å². The van der Waals surface area contributed by atoms with Crippen LogP contribution in [0.5, 0.6) is 0 Å². The molecule has 4 saturated carbocycles. The van der Waals surface area contributed by atoms with Gasteiger partial charge in [0.1, 0.15) is 0 Å². The van der Waals surface area contributed by atoms with Crippen molar-refractivity contribution >= 4 is 78.0 Å². The van der Waals surface area contributed by atoms with Crippen molar-refractivity contribution in [3.8, 4) is 11.1 Å². The smallest absolute Gasteiger partial charge is 0.264 e. The summed E-state index contributed by atoms with van der Waals surface area (Å²) in [6.45, 7) is 37.5. The van der Waals surface area contributed by atoms with Crippen LogP contribution in [0, 0.1) is 17.8 Å². The van der Waals surface area contributed by atoms with Crippen LogP contribution in [0.15, 0.2) is 103 Å². The van der Waals surface area contributed by atoms with Crippen LogP contribution in [0.4, 0.5) is 34.1 Å². The van der Waals surface area contributed by atoms with E-state index in [1.807, 2.05) is 0 Å². The number of thiophene rings is 1. The molecule has 79 heavy (non-hydrogen) atoms. The normalized spacial score (nSPS) is 26.3. The average Bonchev–Trinajstić information content (AvgIpc) is 4.26. The van der Waals surface area contributed by atoms with Crippen molar-refractivity contribution in [2.24, 2.45) is 17.8 Å². The Hall–Kier alpha value is -5.06. The zero-order valence-corrected chi connectivity index (χ0v) is 51.5. The maximum absolute atomic E-state index is 2.90. The topological polar surface area (TPSA) is 6.48 Å². The zero-order chi connectivity index (χ0) is 55.1. The van der Waals surface area contributed by atoms with Crippen LogP contribution >= 0.6 is 11.3 Å². The average molecular weight is 1060 g/mol. The van der Waals surface area contributed by atoms with Crippen LogP contribution < -0.4 is 25.5 Å². The monoisotopic (exact) mass is 1060 g/mol. The van der Waals surface area contributed by atoms with E-state index in [0.717, 1.165) is 17.8 Å². The van der Waals surface area contributed by atoms with Crippen LogP contribution in [0.3, 0.4) is 0 Å². The maximum Gasteiger partial charge on any atom is 0.264 e. The van der Waals surface area contributed by atoms with Crippen molar-refractivity contribution in [3.63, 3.8) is 0 Å². The molecule has 406 valence electrons. The highest BCUT2D eigenvalue weighted by molar-refractivity contribution is 7.33. The van der Waals surface area contributed by atoms with Gasteiger partial charge in [-0.1, -0.05) is 152 Å². The molecule has 4 fully saturated rings. The van der Waals surface area contributed by atoms with Crippen molar-refractivity contribution < 1.29 is 0 Å². The molecule has 3 heterocycles. The Morgan fingerprint density at radius 3 is 1.53 bits per heavy atom. The lowest BCUT2D eigenvalue weighted by atomic mass is 9.35. The molecule has 2 aliphatic heterocycles. The Morgan fingerprint density at radius 1 is 0.494 bits per heavy atom. The van der Waals surface area contributed by atoms with Crippen LogP contribution in [-0.2, 0) is 43.3 Å². The molecular formula is C75H87BN2S. The van der Waals surface area contributed by atoms with Gasteiger partial charge in [-0.25, -0.2) is 0 Å². The SMILES string of the molecule is CC(C)(C)c1ccc(N2c3cc(C45CC6CC(C4)C(C6)C5)cc4c3B(c3cc5c(cc3N4c3cc4c(cc3-c3ccccc3)C(C)(C)CCC4(C)C)C(C)(C)CCC5(C)C)c3sc4cc5c(cc4c32)C(C)(C)CCC5(C)C)cc1. The summed E-state index contributed by atoms with van der Waals surface area (Å²) in [5.41, 5.74) is 26.8. The molecule has 0 spiro atoms. The summed E-state index contributed by atoms with van der Waals surface area (Å²) in [4.78, 5) is 5.74. The minimum absolute atomic E-state index is 0.0321. The summed E-state index contributed by atoms with van der Waals surface area (Å²) in [6.07, 6.45) is 14.0. The van der Waals surface area contributed by atoms with E-state index < -0.39 is 0 Å². The Morgan fingerprint density at radius 2 is 0.987 bits per heavy atom. The number of anilines is 6. The third-order valence-electron chi connectivity index (χ3n) is 23.4. The highest BCUT2D eigenvalue weighted by Gasteiger charge is 2.58. The third-order valence-corrected chi connectivity index (χ3v) is 24.6. The van der Waals surface area contributed by atoms with Crippen molar-refractivity contribution in [2.45, 2.75) is 218 Å². The summed E-state index contributed by atoms with van der Waals surface area (Å²) < 4.78 is 2.96. The predicted molar refractivity (Wildman–Crippen MR) is 341 cm³/mol. The van der Waals surface area contributed by atoms with Gasteiger partial charge in [0, 0.05) is 43.2 Å². The molecular weight excluding hydrogens is 972 g/mol. The van der Waals surface area contributed by atoms with Gasteiger partial charge >= 0.3 is 0 Å². The second-order valence-electron chi connectivity index (χ2n) is 32.3. The Kier molecular flexibility index (Phi) is 10.4. The summed E-state index contributed by atoms with van der Waals surface area (Å²) in [5.74, 6) is 2.56. The van der Waals surface area contributed by atoms with E-state index >= 15 is 0 Å². The summed E-state index contributed by atoms with van der Waals surface area (Å²) >= 11 is 2.12. The molecule has 16 rings (SSSR count). The first-order valence-corrected chi connectivity index (χ1v) is 31.9. The van der Waals surface area contributed by atoms with Gasteiger partial charge < -0.3 is 9.80 Å². The van der Waals surface area contributed by atoms with Gasteiger partial charge in [0.15, 0.2) is 0 Å². The second kappa shape index (κ2) is 16.1. The Balaban J connectivity index is 1.12. The first-order chi connectivity index (χ1) is 37.1. The van der Waals surface area contributed by atoms with Crippen LogP contribution in [0.2, 0.25) is 0 Å². The fourth-order valence-corrected chi connectivity index (χ4v) is 19.7. The molecule has 1 aromatic heterocycles. The zero-order valence-electron chi connectivity index (χ0n) is 50.7. The highest BCUT2D eigenvalue weighted by Crippen LogP contribution is 2.66. The molecule has 2 atom stereocenters. The first-order valence-electron chi connectivity index (χ1n) is 31.1. The second-order valence-corrected chi connectivity index (χ2v) is 33.4. The number of fused-ring (bicyclic) bond motifs is 9. The molecule has 7 aromatic rings. The van der Waals surface area contributed by atoms with Gasteiger partial charge in [-0.3, -0.25) is 0 Å². The van der Waals surface area contributed by atoms with Gasteiger partial charge in [-0.2, -0.15) is 0 Å². The van der Waals surface area contributed by atoms with Crippen molar-refractivity contribution in [2.75, 3.05) is 9.80 Å². The minimum Gasteiger partial charge on any atom is -0.311 e. The van der Waals surface area contributed by atoms with E-state index in [9.17, 15) is 0 Å². The molecule has 2 unspecified atom stereocenters. The van der Waals surface area contributed by atoms with Gasteiger partial charge in [-0.15, -0.1) is 11.3 Å². The molecule has 7 aliphatic carbocycles. The number of nitrogens with zero attached hydrogens (tertiary/aromatic N) is 2. The fourth-order valence-electron chi connectivity index (χ4n) is 18.3. The Bertz CT molecular complexity index is 3720. The molecule has 0 saturated heterocycles. The number of benzene rings is 6. The highest BCUT2D eigenvalue weighted by atomic mass is 32.1. The van der Waals surface area contributed by atoms with Gasteiger partial charge in [-0.05, 0) is 247 Å². The third kappa shape index (κ3) is 7.26. The minimum atomic E-state index is 0.0321. The lowest BCUT2D eigenvalue weighted by molar-refractivity contribution is 0.229. The molecule has 4 heteroatoms. The largest absolute Gasteiger partial charge is 0.311 e. The molecule has 0 N–H and O–H groups in total. The first kappa shape index (κ1) is 50.9. The standard InChI is InChI=1S/C75H87BN2S/c1-68(2,3)48-21-23-50(24-22-48)77-62-33-49(75-41-44-31-46(42-75)47(32-44)43-75)34-63-65(62)76(67-66(77)52-36-54-58(40-64(52)79-67)74(14,15)30-26-70(54,6)7)59-37-55-57(73(12,13)29-27-71(55,8)9)39-61(59)78(63)60-38-56-53(69(4,5)25-28-72(56,10)11)35-51(60)45-19-17-16-18-20-45/h16-24,33-40,44,46-47H,25-32,41-43H2,1-15H3. The van der Waals surface area contributed by atoms with E-state index in [1.54, 1.807) is 27.8 Å². The van der Waals surface area contributed by atoms with Crippen molar-refractivity contribution in [3.05, 3.63) is 148 Å². The molecule has 4 bridgehead atoms. The van der Waals surface area contributed by atoms with Gasteiger partial charge in [0.2, 0.25) is 0 Å². The quantitative estimate of drug-likeness (QED) is 0.162. The molecule has 2 nitrogen and oxygen atoms in total. The van der Waals surface area contributed by atoms with Crippen LogP contribution in [0.1, 0.15) is 219 Å². The van der Waals surface area contributed by atoms with Gasteiger partial charge in [0.25, 0.3) is 6.71 Å². The van der Waals surface area contributed by atoms with Gasteiger partial charge in [0.05, 0.1) is 11.4 Å². The van der Waals surface area contributed by atoms with E-state index in [1.165, 1.54) is 158 Å². The lowest BCUT2D eigenvalue weighted by Crippen LogP contribution is -2.61. The molecule has 0 radical (unpaired) electrons. The van der Waals surface area contributed by atoms with E-state index in [-0.39, 0.29) is 50.0 Å². The number of hydrogen-bond donors (Lipinski definition) is 0. The van der Waals surface area contributed by atoms with E-state index in [4.69, 9.17) is 0 Å². The van der Waals surface area contributed by atoms with Crippen LogP contribution in [0.25, 0.3) is 21.2 Å². The summed E-state index contributed by atoms with van der Waals surface area (Å²) in [7, 11) is 0. The van der Waals surface area contributed by atoms with Crippen molar-refractivity contribution in [1.82, 2.24) is 0 Å². The van der Waals surface area contributed by atoms with E-state index in [0.29, 0.717) is 0 Å². The summed E-state index contributed by atoms with van der Waals surface area (Å²) in [5, 5.41) is 1.44. The molecule has 9 aliphatic rings. The Labute approximate surface area is 479 Å². The molecule has 0 amide bonds. The lowest BCUT2D eigenvalue weighted by Gasteiger charge is -2.49. The number of hydrogen-bond acceptors (Lipinski definition) is 3. The molecule has 6 aromatic carbocycles. The van der Waals surface area contributed by atoms with Crippen molar-refractivity contribution in [1.29, 1.82) is 0 Å². The number of rotatable bonds is 4. The maximum atomic E-state index is 2.90. The predicted octanol–water partition coefficient (Wildman–Crippen LogP) is 19.1. The fraction of sp³-hybridized carbons (Fsp3) is 0.493. The van der Waals surface area contributed by atoms with E-state index in [2.05, 4.69) is 228 Å².